The van der Waals surface area contributed by atoms with Crippen LogP contribution < -0.4 is 37.9 Å². The lowest BCUT2D eigenvalue weighted by atomic mass is 9.92. The van der Waals surface area contributed by atoms with Gasteiger partial charge in [0.15, 0.2) is 24.9 Å². The van der Waals surface area contributed by atoms with E-state index in [1.54, 1.807) is 31.2 Å². The largest absolute Gasteiger partial charge is 0.489 e. The Labute approximate surface area is 762 Å². The molecule has 0 radical (unpaired) electrons. The molecule has 0 bridgehead atoms. The van der Waals surface area contributed by atoms with Crippen LogP contribution >= 0.6 is 0 Å². The van der Waals surface area contributed by atoms with Gasteiger partial charge in [-0.2, -0.15) is 10.3 Å². The molecule has 1 unspecified atom stereocenters. The number of hydrogen-bond acceptors (Lipinski definition) is 20. The number of pyridine rings is 4. The minimum Gasteiger partial charge on any atom is -0.489 e. The summed E-state index contributed by atoms with van der Waals surface area (Å²) in [4.78, 5) is 44.7. The number of fused-ring (bicyclic) bond motifs is 4. The molecule has 12 aromatic carbocycles. The SMILES string of the molecule is C.C.C.CC(Cc1ccc(OCc2ccc3ccccc3n2)cc1)c1cccc(-c2ncn[nH]2)c1.CCOC(=O)COc1ccc(COc2ccc(OCc3ccc4ccccc4n3)cc2)cc1.O=C(O)COc1ccc(COc2cccc(OCc3ccc4ccccc4n3)c2)cc1.c1cc(CCc2cccc(OCc3ccc4ccccc4n3)c2)cc(Cc2nn[nH]n2)c1. The second-order valence-electron chi connectivity index (χ2n) is 29.9. The number of carboxylic acid groups (broad SMARTS) is 1. The van der Waals surface area contributed by atoms with Crippen LogP contribution in [0.2, 0.25) is 0 Å². The number of nitrogens with zero attached hydrogens (tertiary/aromatic N) is 9. The molecule has 23 nitrogen and oxygen atoms in total. The van der Waals surface area contributed by atoms with Gasteiger partial charge in [0.05, 0.1) is 51.4 Å². The number of benzene rings is 12. The number of hydrogen-bond donors (Lipinski definition) is 3. The van der Waals surface area contributed by atoms with Crippen molar-refractivity contribution >= 4 is 55.6 Å². The van der Waals surface area contributed by atoms with Gasteiger partial charge in [-0.05, 0) is 211 Å². The second kappa shape index (κ2) is 48.5. The zero-order valence-electron chi connectivity index (χ0n) is 70.6. The average Bonchev–Trinajstić information content (AvgIpc) is 1.56. The van der Waals surface area contributed by atoms with Gasteiger partial charge in [-0.3, -0.25) is 5.10 Å². The van der Waals surface area contributed by atoms with Gasteiger partial charge in [0.2, 0.25) is 0 Å². The van der Waals surface area contributed by atoms with Gasteiger partial charge in [-0.15, -0.1) is 10.2 Å². The van der Waals surface area contributed by atoms with E-state index in [-0.39, 0.29) is 41.5 Å². The molecule has 0 saturated carbocycles. The maximum absolute atomic E-state index is 11.3. The quantitative estimate of drug-likeness (QED) is 0.0316. The minimum absolute atomic E-state index is 0. The summed E-state index contributed by atoms with van der Waals surface area (Å²) in [6.07, 6.45) is 5.06. The highest BCUT2D eigenvalue weighted by molar-refractivity contribution is 5.81. The summed E-state index contributed by atoms with van der Waals surface area (Å²) in [5.41, 5.74) is 16.7. The molecule has 0 aliphatic carbocycles. The van der Waals surface area contributed by atoms with Crippen LogP contribution in [0.5, 0.6) is 46.0 Å². The minimum atomic E-state index is -1.01. The number of aromatic amines is 2. The maximum Gasteiger partial charge on any atom is 0.344 e. The molecule has 6 aromatic heterocycles. The van der Waals surface area contributed by atoms with Gasteiger partial charge >= 0.3 is 11.9 Å². The predicted molar refractivity (Wildman–Crippen MR) is 512 cm³/mol. The lowest BCUT2D eigenvalue weighted by Gasteiger charge is -2.14. The Morgan fingerprint density at radius 1 is 0.366 bits per heavy atom. The zero-order chi connectivity index (χ0) is 87.7. The van der Waals surface area contributed by atoms with Crippen LogP contribution in [-0.4, -0.2) is 92.6 Å². The smallest absolute Gasteiger partial charge is 0.344 e. The van der Waals surface area contributed by atoms with Gasteiger partial charge in [0.25, 0.3) is 0 Å². The number of carbonyl (C=O) groups is 2. The van der Waals surface area contributed by atoms with Gasteiger partial charge in [-0.25, -0.2) is 34.5 Å². The van der Waals surface area contributed by atoms with Crippen LogP contribution in [0.4, 0.5) is 0 Å². The Kier molecular flexibility index (Phi) is 34.8. The first kappa shape index (κ1) is 94.0. The molecule has 3 N–H and O–H groups in total. The topological polar surface area (TPSA) is 285 Å². The molecular formula is C108H105N11O12. The third kappa shape index (κ3) is 28.9. The summed E-state index contributed by atoms with van der Waals surface area (Å²) in [6.45, 7) is 6.34. The second-order valence-corrected chi connectivity index (χ2v) is 29.9. The highest BCUT2D eigenvalue weighted by Crippen LogP contribution is 2.30. The van der Waals surface area contributed by atoms with Gasteiger partial charge in [-0.1, -0.05) is 229 Å². The van der Waals surface area contributed by atoms with Crippen LogP contribution in [0.1, 0.15) is 110 Å². The van der Waals surface area contributed by atoms with Crippen LogP contribution in [0.15, 0.2) is 346 Å². The number of aryl methyl sites for hydroxylation is 2. The first-order chi connectivity index (χ1) is 62.9. The van der Waals surface area contributed by atoms with E-state index in [1.807, 2.05) is 218 Å². The van der Waals surface area contributed by atoms with Crippen molar-refractivity contribution in [3.05, 3.63) is 414 Å². The summed E-state index contributed by atoms with van der Waals surface area (Å²) in [6, 6.07) is 112. The van der Waals surface area contributed by atoms with E-state index in [1.165, 1.54) is 34.1 Å². The molecule has 1 atom stereocenters. The number of carbonyl (C=O) groups excluding carboxylic acids is 1. The molecule has 0 amide bonds. The standard InChI is InChI=1S/C27H24N4O.C27H25NO5.C26H23N5O.C25H21NO5.3CH4/c1-19(22-6-4-7-23(16-22)27-28-18-29-31-27)15-20-9-13-25(14-10-20)32-17-24-12-11-21-5-2-3-8-26(21)30-24;1-2-30-27(29)19-33-23-11-7-20(8-12-23)17-31-24-13-15-25(16-14-24)32-18-22-10-9-21-5-3-4-6-26(21)28-22;1-2-10-25-22(8-1)13-14-23(27-25)18-32-24-9-4-6-20(16-24)12-11-19-5-3-7-21(15-19)17-26-28-30-31-29-26;27-25(28)17-31-21-12-8-18(9-13-21)15-29-22-5-3-6-23(14-22)30-16-20-11-10-19-4-1-2-7-24(19)26-20;;;/h2-14,16,18-19H,15,17H2,1H3,(H,28,29,31);3-16H,2,17-19H2,1H3;1-10,13-16H,11-12,17-18H2,(H,28,29,30,31);1-14H,15-17H2,(H,27,28);3*1H4. The van der Waals surface area contributed by atoms with E-state index in [0.717, 1.165) is 131 Å². The maximum atomic E-state index is 11.3. The lowest BCUT2D eigenvalue weighted by molar-refractivity contribution is -0.145. The third-order valence-corrected chi connectivity index (χ3v) is 20.4. The van der Waals surface area contributed by atoms with E-state index < -0.39 is 5.97 Å². The normalized spacial score (nSPS) is 10.8. The molecule has 0 saturated heterocycles. The number of aromatic nitrogens is 11. The van der Waals surface area contributed by atoms with Crippen molar-refractivity contribution in [3.8, 4) is 57.4 Å². The van der Waals surface area contributed by atoms with Crippen molar-refractivity contribution in [1.29, 1.82) is 0 Å². The average molecular weight is 1750 g/mol. The van der Waals surface area contributed by atoms with Crippen molar-refractivity contribution in [2.75, 3.05) is 19.8 Å². The summed E-state index contributed by atoms with van der Waals surface area (Å²) in [7, 11) is 0. The van der Waals surface area contributed by atoms with Crippen LogP contribution in [0.25, 0.3) is 55.0 Å². The van der Waals surface area contributed by atoms with Gasteiger partial charge in [0.1, 0.15) is 92.0 Å². The monoisotopic (exact) mass is 1750 g/mol. The Morgan fingerprint density at radius 3 is 1.22 bits per heavy atom. The number of tetrazole rings is 1. The predicted octanol–water partition coefficient (Wildman–Crippen LogP) is 22.7. The first-order valence-electron chi connectivity index (χ1n) is 42.0. The molecule has 0 spiro atoms. The van der Waals surface area contributed by atoms with E-state index >= 15 is 0 Å². The van der Waals surface area contributed by atoms with E-state index in [2.05, 4.69) is 160 Å². The third-order valence-electron chi connectivity index (χ3n) is 20.4. The number of carboxylic acids is 1. The number of aliphatic carboxylic acids is 1. The first-order valence-corrected chi connectivity index (χ1v) is 42.0. The Balaban J connectivity index is 0.000000157. The molecular weight excluding hydrogens is 1640 g/mol. The summed E-state index contributed by atoms with van der Waals surface area (Å²) < 4.78 is 50.8. The summed E-state index contributed by atoms with van der Waals surface area (Å²) in [5.74, 6) is 6.19. The molecule has 131 heavy (non-hydrogen) atoms. The Bertz CT molecular complexity index is 6590. The van der Waals surface area contributed by atoms with Crippen molar-refractivity contribution < 1.29 is 57.3 Å². The highest BCUT2D eigenvalue weighted by atomic mass is 16.6. The van der Waals surface area contributed by atoms with Crippen LogP contribution in [0, 0.1) is 0 Å². The molecule has 18 aromatic rings. The van der Waals surface area contributed by atoms with Crippen molar-refractivity contribution in [1.82, 2.24) is 55.7 Å². The molecule has 6 heterocycles. The van der Waals surface area contributed by atoms with Crippen molar-refractivity contribution in [2.45, 2.75) is 107 Å². The number of H-pyrrole nitrogens is 2. The molecule has 23 heteroatoms. The highest BCUT2D eigenvalue weighted by Gasteiger charge is 2.14. The number of para-hydroxylation sites is 4. The zero-order valence-corrected chi connectivity index (χ0v) is 70.6. The summed E-state index contributed by atoms with van der Waals surface area (Å²) in [5, 5.41) is 34.2. The van der Waals surface area contributed by atoms with E-state index in [4.69, 9.17) is 47.7 Å². The lowest BCUT2D eigenvalue weighted by Crippen LogP contribution is -2.14. The fraction of sp³-hybridized carbons (Fsp3) is 0.176. The summed E-state index contributed by atoms with van der Waals surface area (Å²) >= 11 is 0. The molecule has 18 rings (SSSR count). The molecule has 0 aliphatic rings. The van der Waals surface area contributed by atoms with Crippen molar-refractivity contribution in [3.63, 3.8) is 0 Å². The fourth-order valence-corrected chi connectivity index (χ4v) is 13.8. The number of esters is 1. The fourth-order valence-electron chi connectivity index (χ4n) is 13.8. The van der Waals surface area contributed by atoms with Crippen molar-refractivity contribution in [2.24, 2.45) is 0 Å². The number of nitrogens with one attached hydrogen (secondary N) is 2. The van der Waals surface area contributed by atoms with Crippen LogP contribution in [0.3, 0.4) is 0 Å². The van der Waals surface area contributed by atoms with E-state index in [0.29, 0.717) is 87.4 Å². The Hall–Kier alpha value is -16.2. The molecule has 0 fully saturated rings. The van der Waals surface area contributed by atoms with Gasteiger partial charge < -0.3 is 47.7 Å². The Morgan fingerprint density at radius 2 is 0.763 bits per heavy atom. The number of rotatable bonds is 34. The van der Waals surface area contributed by atoms with Crippen LogP contribution in [-0.2, 0) is 79.7 Å². The van der Waals surface area contributed by atoms with E-state index in [9.17, 15) is 9.59 Å². The number of ether oxygens (including phenoxy) is 9. The molecule has 664 valence electrons. The van der Waals surface area contributed by atoms with Gasteiger partial charge in [0, 0.05) is 39.6 Å². The molecule has 0 aliphatic heterocycles.